The molecule has 0 amide bonds. The van der Waals surface area contributed by atoms with Gasteiger partial charge in [-0.1, -0.05) is 11.8 Å². The van der Waals surface area contributed by atoms with E-state index in [1.165, 1.54) is 23.9 Å². The fourth-order valence-corrected chi connectivity index (χ4v) is 2.74. The van der Waals surface area contributed by atoms with E-state index in [2.05, 4.69) is 4.99 Å². The van der Waals surface area contributed by atoms with Crippen molar-refractivity contribution >= 4 is 39.9 Å². The fourth-order valence-electron chi connectivity index (χ4n) is 1.53. The maximum atomic E-state index is 12.4. The monoisotopic (exact) mass is 305 g/mol. The molecule has 0 aromatic heterocycles. The fraction of sp³-hybridized carbons (Fsp3) is 0.273. The topological polar surface area (TPSA) is 41.6 Å². The van der Waals surface area contributed by atoms with Crippen LogP contribution in [0.1, 0.15) is 5.56 Å². The van der Waals surface area contributed by atoms with Crippen LogP contribution < -0.4 is 5.73 Å². The number of aliphatic imine (C=N–C) groups is 1. The molecule has 2 rings (SSSR count). The van der Waals surface area contributed by atoms with Crippen LogP contribution in [0.4, 0.5) is 18.9 Å². The Morgan fingerprint density at radius 2 is 1.95 bits per heavy atom. The minimum Gasteiger partial charge on any atom is -0.376 e. The number of halogens is 3. The van der Waals surface area contributed by atoms with Crippen molar-refractivity contribution in [2.75, 3.05) is 12.3 Å². The lowest BCUT2D eigenvalue weighted by Crippen LogP contribution is -2.35. The zero-order valence-electron chi connectivity index (χ0n) is 9.65. The molecule has 0 unspecified atom stereocenters. The lowest BCUT2D eigenvalue weighted by Gasteiger charge is -2.14. The highest BCUT2D eigenvalue weighted by molar-refractivity contribution is 8.14. The van der Waals surface area contributed by atoms with Crippen molar-refractivity contribution in [1.82, 2.24) is 4.90 Å². The SMILES string of the molecule is NC(=S)N1CCSC1=Nc1ccc(C(F)(F)F)cc1. The minimum atomic E-state index is -4.33. The van der Waals surface area contributed by atoms with E-state index in [0.717, 1.165) is 17.9 Å². The Hall–Kier alpha value is -1.28. The Morgan fingerprint density at radius 3 is 2.47 bits per heavy atom. The molecule has 1 fully saturated rings. The molecule has 1 saturated heterocycles. The summed E-state index contributed by atoms with van der Waals surface area (Å²) in [5.41, 5.74) is 5.29. The molecule has 0 spiro atoms. The van der Waals surface area contributed by atoms with Crippen LogP contribution >= 0.6 is 24.0 Å². The molecule has 2 N–H and O–H groups in total. The maximum Gasteiger partial charge on any atom is 0.416 e. The van der Waals surface area contributed by atoms with Crippen LogP contribution in [0.3, 0.4) is 0 Å². The van der Waals surface area contributed by atoms with Gasteiger partial charge in [0.25, 0.3) is 0 Å². The number of hydrogen-bond donors (Lipinski definition) is 1. The molecule has 102 valence electrons. The molecule has 8 heteroatoms. The Balaban J connectivity index is 2.21. The van der Waals surface area contributed by atoms with Crippen LogP contribution in [0.5, 0.6) is 0 Å². The van der Waals surface area contributed by atoms with Crippen molar-refractivity contribution < 1.29 is 13.2 Å². The molecule has 1 aromatic carbocycles. The van der Waals surface area contributed by atoms with E-state index < -0.39 is 11.7 Å². The second-order valence-electron chi connectivity index (χ2n) is 3.78. The van der Waals surface area contributed by atoms with Gasteiger partial charge in [-0.3, -0.25) is 4.90 Å². The quantitative estimate of drug-likeness (QED) is 0.810. The van der Waals surface area contributed by atoms with Gasteiger partial charge in [0.2, 0.25) is 0 Å². The normalized spacial score (nSPS) is 18.1. The lowest BCUT2D eigenvalue weighted by atomic mass is 10.2. The van der Waals surface area contributed by atoms with E-state index in [9.17, 15) is 13.2 Å². The molecule has 0 atom stereocenters. The van der Waals surface area contributed by atoms with Crippen LogP contribution in [0, 0.1) is 0 Å². The number of rotatable bonds is 1. The minimum absolute atomic E-state index is 0.218. The predicted molar refractivity (Wildman–Crippen MR) is 74.5 cm³/mol. The number of hydrogen-bond acceptors (Lipinski definition) is 3. The summed E-state index contributed by atoms with van der Waals surface area (Å²) in [7, 11) is 0. The van der Waals surface area contributed by atoms with Crippen LogP contribution in [-0.4, -0.2) is 27.5 Å². The highest BCUT2D eigenvalue weighted by Gasteiger charge is 2.30. The molecule has 0 radical (unpaired) electrons. The van der Waals surface area contributed by atoms with Crippen LogP contribution in [0.2, 0.25) is 0 Å². The molecule has 1 aliphatic rings. The van der Waals surface area contributed by atoms with Gasteiger partial charge in [-0.05, 0) is 36.5 Å². The first-order valence-electron chi connectivity index (χ1n) is 5.33. The van der Waals surface area contributed by atoms with Gasteiger partial charge in [0, 0.05) is 12.3 Å². The van der Waals surface area contributed by atoms with Gasteiger partial charge in [-0.2, -0.15) is 13.2 Å². The standard InChI is InChI=1S/C11H10F3N3S2/c12-11(13,14)7-1-3-8(4-2-7)16-10-17(9(15)18)5-6-19-10/h1-4H,5-6H2,(H2,15,18). The van der Waals surface area contributed by atoms with E-state index >= 15 is 0 Å². The van der Waals surface area contributed by atoms with Crippen LogP contribution in [0.25, 0.3) is 0 Å². The van der Waals surface area contributed by atoms with Crippen molar-refractivity contribution in [3.63, 3.8) is 0 Å². The summed E-state index contributed by atoms with van der Waals surface area (Å²) in [6.07, 6.45) is -4.33. The Morgan fingerprint density at radius 1 is 1.32 bits per heavy atom. The highest BCUT2D eigenvalue weighted by atomic mass is 32.2. The number of nitrogens with zero attached hydrogens (tertiary/aromatic N) is 2. The van der Waals surface area contributed by atoms with E-state index in [1.807, 2.05) is 0 Å². The summed E-state index contributed by atoms with van der Waals surface area (Å²) in [5.74, 6) is 0.802. The molecule has 1 aliphatic heterocycles. The van der Waals surface area contributed by atoms with Gasteiger partial charge in [-0.25, -0.2) is 4.99 Å². The van der Waals surface area contributed by atoms with E-state index in [4.69, 9.17) is 18.0 Å². The number of benzene rings is 1. The second-order valence-corrected chi connectivity index (χ2v) is 5.26. The summed E-state index contributed by atoms with van der Waals surface area (Å²) < 4.78 is 37.2. The average molecular weight is 305 g/mol. The third-order valence-electron chi connectivity index (χ3n) is 2.46. The zero-order valence-corrected chi connectivity index (χ0v) is 11.3. The van der Waals surface area contributed by atoms with Crippen LogP contribution in [-0.2, 0) is 6.18 Å². The Bertz CT molecular complexity index is 511. The van der Waals surface area contributed by atoms with Gasteiger partial charge in [0.1, 0.15) is 0 Å². The first kappa shape index (κ1) is 14.1. The molecule has 1 heterocycles. The second kappa shape index (κ2) is 5.38. The summed E-state index contributed by atoms with van der Waals surface area (Å²) in [6.45, 7) is 0.666. The molecule has 0 saturated carbocycles. The molecule has 3 nitrogen and oxygen atoms in total. The number of thioether (sulfide) groups is 1. The molecule has 0 bridgehead atoms. The summed E-state index contributed by atoms with van der Waals surface area (Å²) in [5, 5.41) is 0.836. The number of amidine groups is 1. The summed E-state index contributed by atoms with van der Waals surface area (Å²) in [4.78, 5) is 5.92. The van der Waals surface area contributed by atoms with E-state index in [0.29, 0.717) is 17.4 Å². The first-order chi connectivity index (χ1) is 8.88. The van der Waals surface area contributed by atoms with Crippen molar-refractivity contribution in [3.8, 4) is 0 Å². The predicted octanol–water partition coefficient (Wildman–Crippen LogP) is 2.99. The third-order valence-corrected chi connectivity index (χ3v) is 3.64. The van der Waals surface area contributed by atoms with Crippen molar-refractivity contribution in [2.45, 2.75) is 6.18 Å². The van der Waals surface area contributed by atoms with Gasteiger partial charge < -0.3 is 5.73 Å². The zero-order chi connectivity index (χ0) is 14.0. The van der Waals surface area contributed by atoms with Crippen LogP contribution in [0.15, 0.2) is 29.3 Å². The van der Waals surface area contributed by atoms with E-state index in [-0.39, 0.29) is 5.11 Å². The lowest BCUT2D eigenvalue weighted by molar-refractivity contribution is -0.137. The number of thiocarbonyl (C=S) groups is 1. The summed E-state index contributed by atoms with van der Waals surface area (Å²) >= 11 is 6.35. The van der Waals surface area contributed by atoms with Crippen molar-refractivity contribution in [1.29, 1.82) is 0 Å². The molecular formula is C11H10F3N3S2. The first-order valence-corrected chi connectivity index (χ1v) is 6.73. The molecule has 19 heavy (non-hydrogen) atoms. The largest absolute Gasteiger partial charge is 0.416 e. The van der Waals surface area contributed by atoms with E-state index in [1.54, 1.807) is 4.90 Å². The van der Waals surface area contributed by atoms with Crippen molar-refractivity contribution in [3.05, 3.63) is 29.8 Å². The third kappa shape index (κ3) is 3.38. The Labute approximate surface area is 117 Å². The van der Waals surface area contributed by atoms with Gasteiger partial charge in [-0.15, -0.1) is 0 Å². The number of nitrogens with two attached hydrogens (primary N) is 1. The molecular weight excluding hydrogens is 295 g/mol. The van der Waals surface area contributed by atoms with Gasteiger partial charge >= 0.3 is 6.18 Å². The average Bonchev–Trinajstić information content (AvgIpc) is 2.77. The maximum absolute atomic E-state index is 12.4. The van der Waals surface area contributed by atoms with Gasteiger partial charge in [0.15, 0.2) is 10.3 Å². The van der Waals surface area contributed by atoms with Gasteiger partial charge in [0.05, 0.1) is 11.3 Å². The smallest absolute Gasteiger partial charge is 0.376 e. The van der Waals surface area contributed by atoms with Crippen molar-refractivity contribution in [2.24, 2.45) is 10.7 Å². The summed E-state index contributed by atoms with van der Waals surface area (Å²) in [6, 6.07) is 4.66. The molecule has 0 aliphatic carbocycles. The highest BCUT2D eigenvalue weighted by Crippen LogP contribution is 2.31. The molecule has 1 aromatic rings. The number of alkyl halides is 3. The Kier molecular flexibility index (Phi) is 4.00.